The summed E-state index contributed by atoms with van der Waals surface area (Å²) in [7, 11) is -2.98. The number of hydrogen-bond donors (Lipinski definition) is 1. The number of nitrogens with zero attached hydrogens (tertiary/aromatic N) is 3. The molecule has 0 saturated carbocycles. The van der Waals surface area contributed by atoms with E-state index in [0.717, 1.165) is 17.7 Å². The van der Waals surface area contributed by atoms with E-state index in [1.54, 1.807) is 19.3 Å². The molecule has 2 rings (SSSR count). The molecule has 22 heavy (non-hydrogen) atoms. The number of aromatic nitrogens is 3. The van der Waals surface area contributed by atoms with E-state index in [9.17, 15) is 8.42 Å². The second-order valence-electron chi connectivity index (χ2n) is 4.82. The number of aryl methyl sites for hydroxylation is 1. The minimum absolute atomic E-state index is 0.0968. The highest BCUT2D eigenvalue weighted by Gasteiger charge is 2.09. The molecule has 0 bridgehead atoms. The first-order chi connectivity index (χ1) is 10.5. The highest BCUT2D eigenvalue weighted by molar-refractivity contribution is 7.91. The van der Waals surface area contributed by atoms with Crippen LogP contribution in [0, 0.1) is 0 Å². The summed E-state index contributed by atoms with van der Waals surface area (Å²) in [5.74, 6) is 1.51. The molecule has 0 aliphatic rings. The second kappa shape index (κ2) is 7.31. The molecule has 0 radical (unpaired) electrons. The molecule has 1 N–H and O–H groups in total. The topological polar surface area (TPSA) is 84.8 Å². The van der Waals surface area contributed by atoms with Crippen LogP contribution >= 0.6 is 0 Å². The van der Waals surface area contributed by atoms with E-state index in [-0.39, 0.29) is 11.5 Å². The van der Waals surface area contributed by atoms with E-state index in [1.165, 1.54) is 0 Å². The van der Waals surface area contributed by atoms with Gasteiger partial charge < -0.3 is 5.32 Å². The summed E-state index contributed by atoms with van der Waals surface area (Å²) in [6.45, 7) is 4.01. The third-order valence-electron chi connectivity index (χ3n) is 3.24. The van der Waals surface area contributed by atoms with Crippen molar-refractivity contribution in [3.63, 3.8) is 0 Å². The van der Waals surface area contributed by atoms with Crippen LogP contribution in [0.4, 0.5) is 5.82 Å². The van der Waals surface area contributed by atoms with Gasteiger partial charge in [-0.3, -0.25) is 4.98 Å². The molecule has 0 amide bonds. The Morgan fingerprint density at radius 3 is 2.50 bits per heavy atom. The highest BCUT2D eigenvalue weighted by atomic mass is 32.2. The lowest BCUT2D eigenvalue weighted by atomic mass is 10.2. The van der Waals surface area contributed by atoms with E-state index in [0.29, 0.717) is 18.2 Å². The standard InChI is InChI=1S/C15H20N4O2S/c1-3-13-11-14(17-9-10-22(20,21)4-2)19-15(18-13)12-5-7-16-8-6-12/h5-8,11H,3-4,9-10H2,1-2H3,(H,17,18,19). The van der Waals surface area contributed by atoms with Crippen LogP contribution < -0.4 is 5.32 Å². The monoisotopic (exact) mass is 320 g/mol. The van der Waals surface area contributed by atoms with Crippen molar-refractivity contribution >= 4 is 15.7 Å². The maximum absolute atomic E-state index is 11.5. The molecule has 0 aliphatic heterocycles. The van der Waals surface area contributed by atoms with Gasteiger partial charge in [0, 0.05) is 42.0 Å². The summed E-state index contributed by atoms with van der Waals surface area (Å²) < 4.78 is 23.0. The first-order valence-electron chi connectivity index (χ1n) is 7.26. The molecule has 2 aromatic heterocycles. The third kappa shape index (κ3) is 4.49. The van der Waals surface area contributed by atoms with Crippen molar-refractivity contribution in [2.45, 2.75) is 20.3 Å². The lowest BCUT2D eigenvalue weighted by Crippen LogP contribution is -2.18. The fourth-order valence-corrected chi connectivity index (χ4v) is 2.58. The van der Waals surface area contributed by atoms with Crippen LogP contribution in [-0.2, 0) is 16.3 Å². The zero-order valence-corrected chi connectivity index (χ0v) is 13.6. The zero-order chi connectivity index (χ0) is 16.0. The molecule has 0 aromatic carbocycles. The number of hydrogen-bond acceptors (Lipinski definition) is 6. The summed E-state index contributed by atoms with van der Waals surface area (Å²) in [6, 6.07) is 5.55. The minimum atomic E-state index is -2.98. The quantitative estimate of drug-likeness (QED) is 0.839. The van der Waals surface area contributed by atoms with Crippen LogP contribution in [0.5, 0.6) is 0 Å². The van der Waals surface area contributed by atoms with Crippen molar-refractivity contribution in [2.24, 2.45) is 0 Å². The van der Waals surface area contributed by atoms with Gasteiger partial charge in [0.2, 0.25) is 0 Å². The van der Waals surface area contributed by atoms with Crippen molar-refractivity contribution in [1.82, 2.24) is 15.0 Å². The Kier molecular flexibility index (Phi) is 5.43. The summed E-state index contributed by atoms with van der Waals surface area (Å²) in [5, 5.41) is 3.07. The minimum Gasteiger partial charge on any atom is -0.369 e. The lowest BCUT2D eigenvalue weighted by Gasteiger charge is -2.09. The van der Waals surface area contributed by atoms with Gasteiger partial charge in [-0.2, -0.15) is 0 Å². The normalized spacial score (nSPS) is 11.4. The molecule has 0 unspecified atom stereocenters. The number of nitrogens with one attached hydrogen (secondary N) is 1. The molecule has 0 spiro atoms. The van der Waals surface area contributed by atoms with Crippen LogP contribution in [0.2, 0.25) is 0 Å². The van der Waals surface area contributed by atoms with E-state index < -0.39 is 9.84 Å². The predicted octanol–water partition coefficient (Wildman–Crippen LogP) is 1.95. The molecule has 0 saturated heterocycles. The Morgan fingerprint density at radius 2 is 1.86 bits per heavy atom. The Morgan fingerprint density at radius 1 is 1.14 bits per heavy atom. The van der Waals surface area contributed by atoms with Gasteiger partial charge >= 0.3 is 0 Å². The molecule has 0 atom stereocenters. The van der Waals surface area contributed by atoms with Crippen LogP contribution in [0.15, 0.2) is 30.6 Å². The van der Waals surface area contributed by atoms with Crippen molar-refractivity contribution in [1.29, 1.82) is 0 Å². The Labute approximate surface area is 131 Å². The second-order valence-corrected chi connectivity index (χ2v) is 7.29. The molecular weight excluding hydrogens is 300 g/mol. The highest BCUT2D eigenvalue weighted by Crippen LogP contribution is 2.17. The zero-order valence-electron chi connectivity index (χ0n) is 12.8. The van der Waals surface area contributed by atoms with Gasteiger partial charge in [-0.15, -0.1) is 0 Å². The molecule has 118 valence electrons. The first-order valence-corrected chi connectivity index (χ1v) is 9.09. The van der Waals surface area contributed by atoms with Gasteiger partial charge in [0.25, 0.3) is 0 Å². The van der Waals surface area contributed by atoms with E-state index in [2.05, 4.69) is 20.3 Å². The van der Waals surface area contributed by atoms with Crippen LogP contribution in [-0.4, -0.2) is 41.4 Å². The number of sulfone groups is 1. The van der Waals surface area contributed by atoms with Crippen molar-refractivity contribution < 1.29 is 8.42 Å². The van der Waals surface area contributed by atoms with Crippen molar-refractivity contribution in [3.8, 4) is 11.4 Å². The predicted molar refractivity (Wildman–Crippen MR) is 87.5 cm³/mol. The summed E-state index contributed by atoms with van der Waals surface area (Å²) in [5.41, 5.74) is 1.79. The fourth-order valence-electron chi connectivity index (χ4n) is 1.88. The van der Waals surface area contributed by atoms with Gasteiger partial charge in [0.1, 0.15) is 5.82 Å². The van der Waals surface area contributed by atoms with E-state index in [4.69, 9.17) is 0 Å². The van der Waals surface area contributed by atoms with E-state index in [1.807, 2.05) is 25.1 Å². The van der Waals surface area contributed by atoms with E-state index >= 15 is 0 Å². The Balaban J connectivity index is 2.18. The largest absolute Gasteiger partial charge is 0.369 e. The van der Waals surface area contributed by atoms with Gasteiger partial charge in [-0.25, -0.2) is 18.4 Å². The maximum Gasteiger partial charge on any atom is 0.161 e. The lowest BCUT2D eigenvalue weighted by molar-refractivity contribution is 0.597. The number of pyridine rings is 1. The number of anilines is 1. The molecule has 2 aromatic rings. The average Bonchev–Trinajstić information content (AvgIpc) is 2.55. The van der Waals surface area contributed by atoms with Gasteiger partial charge in [-0.1, -0.05) is 13.8 Å². The summed E-state index contributed by atoms with van der Waals surface area (Å²) >= 11 is 0. The van der Waals surface area contributed by atoms with Gasteiger partial charge in [-0.05, 0) is 18.6 Å². The van der Waals surface area contributed by atoms with Crippen molar-refractivity contribution in [2.75, 3.05) is 23.4 Å². The third-order valence-corrected chi connectivity index (χ3v) is 4.94. The fraction of sp³-hybridized carbons (Fsp3) is 0.400. The smallest absolute Gasteiger partial charge is 0.161 e. The van der Waals surface area contributed by atoms with Crippen molar-refractivity contribution in [3.05, 3.63) is 36.3 Å². The molecule has 6 nitrogen and oxygen atoms in total. The maximum atomic E-state index is 11.5. The molecule has 0 fully saturated rings. The molecular formula is C15H20N4O2S. The van der Waals surface area contributed by atoms with Crippen LogP contribution in [0.25, 0.3) is 11.4 Å². The van der Waals surface area contributed by atoms with Gasteiger partial charge in [0.15, 0.2) is 15.7 Å². The van der Waals surface area contributed by atoms with Gasteiger partial charge in [0.05, 0.1) is 5.75 Å². The van der Waals surface area contributed by atoms with Crippen LogP contribution in [0.3, 0.4) is 0 Å². The first kappa shape index (κ1) is 16.4. The molecule has 7 heteroatoms. The Hall–Kier alpha value is -2.02. The Bertz CT molecular complexity index is 718. The molecule has 0 aliphatic carbocycles. The number of rotatable bonds is 7. The summed E-state index contributed by atoms with van der Waals surface area (Å²) in [6.07, 6.45) is 4.17. The average molecular weight is 320 g/mol. The SMILES string of the molecule is CCc1cc(NCCS(=O)(=O)CC)nc(-c2ccncc2)n1. The van der Waals surface area contributed by atoms with Crippen LogP contribution in [0.1, 0.15) is 19.5 Å². The molecule has 2 heterocycles. The summed E-state index contributed by atoms with van der Waals surface area (Å²) in [4.78, 5) is 12.9.